The Morgan fingerprint density at radius 3 is 2.51 bits per heavy atom. The molecule has 11 nitrogen and oxygen atoms in total. The van der Waals surface area contributed by atoms with E-state index in [2.05, 4.69) is 20.4 Å². The molecule has 3 amide bonds. The number of hydrogen-bond donors (Lipinski definition) is 4. The number of hydrogen-bond acceptors (Lipinski definition) is 7. The van der Waals surface area contributed by atoms with Crippen molar-refractivity contribution in [2.75, 3.05) is 12.4 Å². The maximum Gasteiger partial charge on any atom is 0.332 e. The van der Waals surface area contributed by atoms with Crippen LogP contribution < -0.4 is 22.0 Å². The second kappa shape index (κ2) is 10.8. The highest BCUT2D eigenvalue weighted by Gasteiger charge is 2.37. The van der Waals surface area contributed by atoms with Gasteiger partial charge in [-0.3, -0.25) is 14.4 Å². The minimum absolute atomic E-state index is 0.296. The Hall–Kier alpha value is -4.25. The van der Waals surface area contributed by atoms with E-state index in [9.17, 15) is 19.2 Å². The molecule has 0 saturated heterocycles. The van der Waals surface area contributed by atoms with E-state index in [1.54, 1.807) is 6.07 Å². The van der Waals surface area contributed by atoms with Gasteiger partial charge < -0.3 is 20.8 Å². The molecule has 2 aromatic carbocycles. The summed E-state index contributed by atoms with van der Waals surface area (Å²) in [5.74, 6) is -3.59. The Balaban J connectivity index is 2.20. The Kier molecular flexibility index (Phi) is 7.97. The van der Waals surface area contributed by atoms with Gasteiger partial charge in [0, 0.05) is 10.7 Å². The molecule has 3 aromatic rings. The van der Waals surface area contributed by atoms with Crippen LogP contribution in [0.2, 0.25) is 5.02 Å². The van der Waals surface area contributed by atoms with Crippen LogP contribution in [0.5, 0.6) is 0 Å². The van der Waals surface area contributed by atoms with Gasteiger partial charge in [0.25, 0.3) is 11.5 Å². The number of aryl methyl sites for hydroxylation is 1. The highest BCUT2D eigenvalue weighted by Crippen LogP contribution is 2.32. The summed E-state index contributed by atoms with van der Waals surface area (Å²) in [7, 11) is 1.08. The maximum atomic E-state index is 13.6. The lowest BCUT2D eigenvalue weighted by Gasteiger charge is -2.25. The summed E-state index contributed by atoms with van der Waals surface area (Å²) in [5.41, 5.74) is 7.74. The fourth-order valence-electron chi connectivity index (χ4n) is 3.74. The number of para-hydroxylation sites is 1. The van der Waals surface area contributed by atoms with Crippen LogP contribution >= 0.6 is 11.6 Å². The Morgan fingerprint density at radius 2 is 1.89 bits per heavy atom. The Bertz CT molecular complexity index is 1470. The number of halogens is 1. The average molecular weight is 527 g/mol. The van der Waals surface area contributed by atoms with E-state index in [1.807, 2.05) is 51.3 Å². The Labute approximate surface area is 217 Å². The third-order valence-corrected chi connectivity index (χ3v) is 5.74. The van der Waals surface area contributed by atoms with E-state index in [-0.39, 0.29) is 11.1 Å². The molecule has 0 unspecified atom stereocenters. The van der Waals surface area contributed by atoms with Crippen molar-refractivity contribution in [2.45, 2.75) is 39.0 Å². The topological polar surface area (TPSA) is 169 Å². The molecular weight excluding hydrogens is 500 g/mol. The summed E-state index contributed by atoms with van der Waals surface area (Å²) in [6, 6.07) is 9.01. The number of ether oxygens (including phenoxy) is 1. The number of methoxy groups -OCH3 is 1. The number of anilines is 1. The van der Waals surface area contributed by atoms with Gasteiger partial charge in [0.05, 0.1) is 18.1 Å². The van der Waals surface area contributed by atoms with Gasteiger partial charge in [-0.2, -0.15) is 5.10 Å². The maximum absolute atomic E-state index is 13.6. The summed E-state index contributed by atoms with van der Waals surface area (Å²) in [5, 5.41) is 6.93. The predicted octanol–water partition coefficient (Wildman–Crippen LogP) is 3.10. The molecule has 37 heavy (non-hydrogen) atoms. The largest absolute Gasteiger partial charge is 0.468 e. The molecule has 0 aliphatic carbocycles. The number of H-pyrrole nitrogens is 1. The number of hydrazone groups is 1. The third-order valence-electron chi connectivity index (χ3n) is 5.50. The van der Waals surface area contributed by atoms with Crippen LogP contribution in [0.3, 0.4) is 0 Å². The summed E-state index contributed by atoms with van der Waals surface area (Å²) in [6.07, 6.45) is 0. The second-order valence-electron chi connectivity index (χ2n) is 9.24. The van der Waals surface area contributed by atoms with Crippen LogP contribution in [0.1, 0.15) is 43.5 Å². The first-order valence-electron chi connectivity index (χ1n) is 11.1. The number of carbonyl (C=O) groups excluding carboxylic acids is 3. The van der Waals surface area contributed by atoms with Crippen molar-refractivity contribution in [3.63, 3.8) is 0 Å². The van der Waals surface area contributed by atoms with E-state index in [4.69, 9.17) is 22.1 Å². The number of benzene rings is 2. The first kappa shape index (κ1) is 27.3. The number of rotatable bonds is 6. The number of amides is 3. The molecule has 0 fully saturated rings. The Morgan fingerprint density at radius 1 is 1.19 bits per heavy atom. The average Bonchev–Trinajstić information content (AvgIpc) is 2.81. The third kappa shape index (κ3) is 6.12. The number of nitrogens with one attached hydrogen (secondary N) is 3. The normalized spacial score (nSPS) is 12.6. The van der Waals surface area contributed by atoms with E-state index >= 15 is 0 Å². The number of fused-ring (bicyclic) bond motifs is 1. The van der Waals surface area contributed by atoms with E-state index < -0.39 is 35.1 Å². The van der Waals surface area contributed by atoms with Gasteiger partial charge in [-0.05, 0) is 41.7 Å². The zero-order valence-electron chi connectivity index (χ0n) is 20.9. The van der Waals surface area contributed by atoms with E-state index in [0.717, 1.165) is 18.2 Å². The molecule has 1 aromatic heterocycles. The molecule has 0 aliphatic heterocycles. The van der Waals surface area contributed by atoms with Crippen molar-refractivity contribution in [1.29, 1.82) is 0 Å². The molecule has 0 spiro atoms. The van der Waals surface area contributed by atoms with Crippen molar-refractivity contribution >= 4 is 51.9 Å². The van der Waals surface area contributed by atoms with Crippen molar-refractivity contribution < 1.29 is 19.1 Å². The molecular formula is C25H27ClN6O5. The van der Waals surface area contributed by atoms with Crippen molar-refractivity contribution in [3.05, 3.63) is 68.6 Å². The lowest BCUT2D eigenvalue weighted by Crippen LogP contribution is -2.40. The molecule has 12 heteroatoms. The number of esters is 1. The van der Waals surface area contributed by atoms with Gasteiger partial charge in [0.2, 0.25) is 0 Å². The fourth-order valence-corrected chi connectivity index (χ4v) is 3.91. The van der Waals surface area contributed by atoms with Gasteiger partial charge in [-0.1, -0.05) is 50.6 Å². The van der Waals surface area contributed by atoms with Gasteiger partial charge in [0.1, 0.15) is 11.4 Å². The van der Waals surface area contributed by atoms with Gasteiger partial charge in [-0.25, -0.2) is 15.2 Å². The molecule has 0 bridgehead atoms. The summed E-state index contributed by atoms with van der Waals surface area (Å²) in [4.78, 5) is 57.9. The number of nitrogens with two attached hydrogens (primary N) is 1. The highest BCUT2D eigenvalue weighted by molar-refractivity contribution is 6.48. The van der Waals surface area contributed by atoms with Gasteiger partial charge in [-0.15, -0.1) is 0 Å². The van der Waals surface area contributed by atoms with Crippen molar-refractivity contribution in [3.8, 4) is 0 Å². The minimum Gasteiger partial charge on any atom is -0.468 e. The first-order valence-corrected chi connectivity index (χ1v) is 11.5. The molecule has 194 valence electrons. The van der Waals surface area contributed by atoms with Crippen LogP contribution in [-0.2, 0) is 19.7 Å². The minimum atomic E-state index is -1.71. The monoisotopic (exact) mass is 526 g/mol. The molecule has 0 saturated carbocycles. The zero-order valence-corrected chi connectivity index (χ0v) is 21.7. The highest BCUT2D eigenvalue weighted by atomic mass is 35.5. The molecule has 5 N–H and O–H groups in total. The number of nitrogens with zero attached hydrogens (tertiary/aromatic N) is 2. The summed E-state index contributed by atoms with van der Waals surface area (Å²) < 4.78 is 4.89. The number of carbonyl (C=O) groups is 3. The number of aromatic nitrogens is 2. The zero-order chi connectivity index (χ0) is 27.5. The standard InChI is InChI=1S/C25H27ClN6O5/c1-12-7-6-8-14(25(2,3)4)18(12)30-22(34)20(31-32-24(27)36)17(23(35)37-5)19-21(33)29-16-11-13(26)9-10-15(16)28-19/h6-11,17H,1-5H3,(H,29,33)(H,30,34)(H3,27,32,36)/b31-20+/t17-/m1/s1. The number of primary amides is 1. The molecule has 0 aliphatic rings. The van der Waals surface area contributed by atoms with E-state index in [1.165, 1.54) is 12.1 Å². The van der Waals surface area contributed by atoms with Crippen LogP contribution in [0, 0.1) is 6.92 Å². The smallest absolute Gasteiger partial charge is 0.332 e. The van der Waals surface area contributed by atoms with Crippen LogP contribution in [0.4, 0.5) is 10.5 Å². The lowest BCUT2D eigenvalue weighted by atomic mass is 9.84. The summed E-state index contributed by atoms with van der Waals surface area (Å²) in [6.45, 7) is 7.73. The van der Waals surface area contributed by atoms with E-state index in [0.29, 0.717) is 21.7 Å². The molecule has 0 radical (unpaired) electrons. The van der Waals surface area contributed by atoms with Crippen LogP contribution in [0.25, 0.3) is 11.0 Å². The predicted molar refractivity (Wildman–Crippen MR) is 141 cm³/mol. The quantitative estimate of drug-likeness (QED) is 0.218. The van der Waals surface area contributed by atoms with Crippen LogP contribution in [0.15, 0.2) is 46.3 Å². The van der Waals surface area contributed by atoms with Gasteiger partial charge in [0.15, 0.2) is 5.92 Å². The van der Waals surface area contributed by atoms with Gasteiger partial charge >= 0.3 is 12.0 Å². The second-order valence-corrected chi connectivity index (χ2v) is 9.68. The number of aromatic amines is 1. The number of urea groups is 1. The molecule has 3 rings (SSSR count). The first-order chi connectivity index (χ1) is 17.3. The molecule has 1 heterocycles. The summed E-state index contributed by atoms with van der Waals surface area (Å²) >= 11 is 6.00. The molecule has 1 atom stereocenters. The van der Waals surface area contributed by atoms with Crippen molar-refractivity contribution in [1.82, 2.24) is 15.4 Å². The fraction of sp³-hybridized carbons (Fsp3) is 0.280. The lowest BCUT2D eigenvalue weighted by molar-refractivity contribution is -0.141. The SMILES string of the molecule is COC(=O)[C@@H](/C(=N\NC(N)=O)C(=O)Nc1c(C)cccc1C(C)(C)C)c1nc2ccc(Cl)cc2[nH]c1=O. The van der Waals surface area contributed by atoms with Crippen molar-refractivity contribution in [2.24, 2.45) is 10.8 Å². The van der Waals surface area contributed by atoms with Crippen LogP contribution in [-0.4, -0.2) is 40.7 Å².